The molecule has 6 heteroatoms. The van der Waals surface area contributed by atoms with Gasteiger partial charge >= 0.3 is 0 Å². The van der Waals surface area contributed by atoms with Crippen LogP contribution in [0.15, 0.2) is 191 Å². The summed E-state index contributed by atoms with van der Waals surface area (Å²) in [4.78, 5) is 20.3. The van der Waals surface area contributed by atoms with Crippen LogP contribution in [0.5, 0.6) is 0 Å². The van der Waals surface area contributed by atoms with Gasteiger partial charge in [0.25, 0.3) is 0 Å². The van der Waals surface area contributed by atoms with E-state index in [4.69, 9.17) is 23.8 Å². The second kappa shape index (κ2) is 12.8. The number of para-hydroxylation sites is 1. The van der Waals surface area contributed by atoms with Crippen molar-refractivity contribution >= 4 is 65.6 Å². The summed E-state index contributed by atoms with van der Waals surface area (Å²) in [6, 6.07) is 60.5. The highest BCUT2D eigenvalue weighted by atomic mass is 16.3. The first-order valence-electron chi connectivity index (χ1n) is 19.3. The van der Waals surface area contributed by atoms with Crippen LogP contribution in [0.25, 0.3) is 122 Å². The Balaban J connectivity index is 1.08. The maximum Gasteiger partial charge on any atom is 0.164 e. The summed E-state index contributed by atoms with van der Waals surface area (Å²) >= 11 is 0. The van der Waals surface area contributed by atoms with Gasteiger partial charge in [0, 0.05) is 49.8 Å². The number of furan rings is 2. The van der Waals surface area contributed by atoms with Gasteiger partial charge in [-0.3, -0.25) is 4.98 Å². The topological polar surface area (TPSA) is 77.8 Å². The van der Waals surface area contributed by atoms with Gasteiger partial charge in [-0.25, -0.2) is 15.0 Å². The van der Waals surface area contributed by atoms with Crippen molar-refractivity contribution in [3.8, 4) is 56.4 Å². The molecular formula is C52H30N4O2. The molecule has 0 aliphatic rings. The van der Waals surface area contributed by atoms with Crippen molar-refractivity contribution in [2.75, 3.05) is 0 Å². The molecule has 270 valence electrons. The van der Waals surface area contributed by atoms with Crippen LogP contribution in [-0.2, 0) is 0 Å². The maximum atomic E-state index is 6.47. The van der Waals surface area contributed by atoms with Gasteiger partial charge in [-0.15, -0.1) is 0 Å². The van der Waals surface area contributed by atoms with E-state index in [-0.39, 0.29) is 0 Å². The highest BCUT2D eigenvalue weighted by Crippen LogP contribution is 2.41. The van der Waals surface area contributed by atoms with Gasteiger partial charge in [0.05, 0.1) is 5.52 Å². The zero-order valence-electron chi connectivity index (χ0n) is 30.9. The standard InChI is InChI=1S/C52H30N4O2/c1-2-10-31(11-3-1)32-19-21-33(22-20-32)50-54-51(36-23-24-41-40-15-6-7-17-45(40)57-47(41)29-36)56-52(55-50)42-27-37(26-34-12-4-5-14-38(34)42)39-16-8-18-46-49(39)43-30-44-35(13-9-25-53-44)28-48(43)58-46/h1-30H. The average molecular weight is 743 g/mol. The molecule has 0 saturated carbocycles. The number of nitrogens with zero attached hydrogens (tertiary/aromatic N) is 4. The number of benzene rings is 8. The van der Waals surface area contributed by atoms with E-state index in [1.54, 1.807) is 0 Å². The van der Waals surface area contributed by atoms with Gasteiger partial charge in [0.1, 0.15) is 22.3 Å². The Kier molecular flexibility index (Phi) is 7.13. The third-order valence-electron chi connectivity index (χ3n) is 11.2. The van der Waals surface area contributed by atoms with Crippen LogP contribution in [0.4, 0.5) is 0 Å². The summed E-state index contributed by atoms with van der Waals surface area (Å²) in [6.07, 6.45) is 1.83. The van der Waals surface area contributed by atoms with E-state index in [2.05, 4.69) is 138 Å². The second-order valence-electron chi connectivity index (χ2n) is 14.6. The molecular weight excluding hydrogens is 713 g/mol. The van der Waals surface area contributed by atoms with Gasteiger partial charge in [-0.2, -0.15) is 0 Å². The molecule has 0 bridgehead atoms. The lowest BCUT2D eigenvalue weighted by Gasteiger charge is -2.13. The molecule has 0 aliphatic heterocycles. The van der Waals surface area contributed by atoms with E-state index in [0.29, 0.717) is 17.5 Å². The highest BCUT2D eigenvalue weighted by Gasteiger charge is 2.20. The Bertz CT molecular complexity index is 3570. The van der Waals surface area contributed by atoms with Crippen molar-refractivity contribution in [2.24, 2.45) is 0 Å². The first kappa shape index (κ1) is 32.3. The minimum Gasteiger partial charge on any atom is -0.456 e. The van der Waals surface area contributed by atoms with Crippen molar-refractivity contribution in [1.82, 2.24) is 19.9 Å². The second-order valence-corrected chi connectivity index (χ2v) is 14.6. The van der Waals surface area contributed by atoms with Crippen LogP contribution >= 0.6 is 0 Å². The first-order valence-corrected chi connectivity index (χ1v) is 19.3. The zero-order valence-corrected chi connectivity index (χ0v) is 30.9. The van der Waals surface area contributed by atoms with E-state index in [9.17, 15) is 0 Å². The predicted octanol–water partition coefficient (Wildman–Crippen LogP) is 13.7. The van der Waals surface area contributed by atoms with Gasteiger partial charge in [0.2, 0.25) is 0 Å². The molecule has 0 saturated heterocycles. The molecule has 0 aliphatic carbocycles. The number of aromatic nitrogens is 4. The Morgan fingerprint density at radius 3 is 1.88 bits per heavy atom. The minimum atomic E-state index is 0.561. The smallest absolute Gasteiger partial charge is 0.164 e. The fourth-order valence-corrected chi connectivity index (χ4v) is 8.35. The van der Waals surface area contributed by atoms with Crippen LogP contribution in [0.3, 0.4) is 0 Å². The SMILES string of the molecule is c1ccc(-c2ccc(-c3nc(-c4ccc5c(c4)oc4ccccc45)nc(-c4cc(-c5cccc6oc7cc8cccnc8cc7c56)cc5ccccc45)n3)cc2)cc1. The molecule has 0 radical (unpaired) electrons. The molecule has 8 aromatic carbocycles. The summed E-state index contributed by atoms with van der Waals surface area (Å²) in [6.45, 7) is 0. The van der Waals surface area contributed by atoms with Crippen molar-refractivity contribution in [3.05, 3.63) is 182 Å². The number of pyridine rings is 1. The molecule has 4 aromatic heterocycles. The third kappa shape index (κ3) is 5.27. The monoisotopic (exact) mass is 742 g/mol. The van der Waals surface area contributed by atoms with Crippen molar-refractivity contribution in [1.29, 1.82) is 0 Å². The van der Waals surface area contributed by atoms with Gasteiger partial charge in [0.15, 0.2) is 17.5 Å². The van der Waals surface area contributed by atoms with Crippen molar-refractivity contribution < 1.29 is 8.83 Å². The largest absolute Gasteiger partial charge is 0.456 e. The molecule has 0 atom stereocenters. The zero-order chi connectivity index (χ0) is 38.2. The lowest BCUT2D eigenvalue weighted by Crippen LogP contribution is -2.01. The van der Waals surface area contributed by atoms with E-state index in [1.807, 2.05) is 48.7 Å². The van der Waals surface area contributed by atoms with E-state index in [0.717, 1.165) is 104 Å². The third-order valence-corrected chi connectivity index (χ3v) is 11.2. The molecule has 0 unspecified atom stereocenters. The minimum absolute atomic E-state index is 0.561. The van der Waals surface area contributed by atoms with Gasteiger partial charge in [-0.1, -0.05) is 121 Å². The van der Waals surface area contributed by atoms with Crippen molar-refractivity contribution in [2.45, 2.75) is 0 Å². The van der Waals surface area contributed by atoms with E-state index < -0.39 is 0 Å². The number of rotatable bonds is 5. The predicted molar refractivity (Wildman–Crippen MR) is 234 cm³/mol. The lowest BCUT2D eigenvalue weighted by molar-refractivity contribution is 0.669. The maximum absolute atomic E-state index is 6.47. The molecule has 6 nitrogen and oxygen atoms in total. The highest BCUT2D eigenvalue weighted by molar-refractivity contribution is 6.16. The summed E-state index contributed by atoms with van der Waals surface area (Å²) in [5.74, 6) is 1.72. The average Bonchev–Trinajstić information content (AvgIpc) is 3.85. The number of hydrogen-bond donors (Lipinski definition) is 0. The van der Waals surface area contributed by atoms with Gasteiger partial charge < -0.3 is 8.83 Å². The Morgan fingerprint density at radius 2 is 0.983 bits per heavy atom. The molecule has 58 heavy (non-hydrogen) atoms. The van der Waals surface area contributed by atoms with Crippen LogP contribution in [0.1, 0.15) is 0 Å². The first-order chi connectivity index (χ1) is 28.7. The number of hydrogen-bond acceptors (Lipinski definition) is 6. The van der Waals surface area contributed by atoms with Crippen LogP contribution in [0.2, 0.25) is 0 Å². The summed E-state index contributed by atoms with van der Waals surface area (Å²) in [5, 5.41) is 7.35. The van der Waals surface area contributed by atoms with E-state index >= 15 is 0 Å². The Hall–Kier alpha value is -7.96. The fraction of sp³-hybridized carbons (Fsp3) is 0. The van der Waals surface area contributed by atoms with E-state index in [1.165, 1.54) is 0 Å². The van der Waals surface area contributed by atoms with Crippen LogP contribution in [-0.4, -0.2) is 19.9 Å². The molecule has 0 spiro atoms. The molecule has 4 heterocycles. The lowest BCUT2D eigenvalue weighted by atomic mass is 9.93. The number of fused-ring (bicyclic) bond motifs is 8. The fourth-order valence-electron chi connectivity index (χ4n) is 8.35. The van der Waals surface area contributed by atoms with Crippen LogP contribution in [0, 0.1) is 0 Å². The molecule has 12 aromatic rings. The molecule has 12 rings (SSSR count). The molecule has 0 N–H and O–H groups in total. The van der Waals surface area contributed by atoms with Crippen LogP contribution < -0.4 is 0 Å². The quantitative estimate of drug-likeness (QED) is 0.175. The summed E-state index contributed by atoms with van der Waals surface area (Å²) in [7, 11) is 0. The summed E-state index contributed by atoms with van der Waals surface area (Å²) < 4.78 is 12.8. The van der Waals surface area contributed by atoms with Crippen molar-refractivity contribution in [3.63, 3.8) is 0 Å². The molecule has 0 amide bonds. The Labute approximate surface area is 331 Å². The summed E-state index contributed by atoms with van der Waals surface area (Å²) in [5.41, 5.74) is 11.2. The normalized spacial score (nSPS) is 11.8. The molecule has 0 fully saturated rings. The van der Waals surface area contributed by atoms with Gasteiger partial charge in [-0.05, 0) is 87.6 Å². The Morgan fingerprint density at radius 1 is 0.328 bits per heavy atom.